The Morgan fingerprint density at radius 1 is 1.40 bits per heavy atom. The zero-order valence-corrected chi connectivity index (χ0v) is 10.7. The zero-order chi connectivity index (χ0) is 11.1. The maximum Gasteiger partial charge on any atom is 0.00880 e. The average molecular weight is 223 g/mol. The summed E-state index contributed by atoms with van der Waals surface area (Å²) in [6, 6.07) is 4.61. The monoisotopic (exact) mass is 223 g/mol. The van der Waals surface area contributed by atoms with Crippen molar-refractivity contribution in [3.05, 3.63) is 21.9 Å². The molecule has 1 saturated carbocycles. The lowest BCUT2D eigenvalue weighted by Crippen LogP contribution is -2.05. The van der Waals surface area contributed by atoms with Gasteiger partial charge in [-0.1, -0.05) is 27.2 Å². The van der Waals surface area contributed by atoms with Gasteiger partial charge in [-0.15, -0.1) is 11.3 Å². The van der Waals surface area contributed by atoms with Crippen molar-refractivity contribution in [1.29, 1.82) is 0 Å². The van der Waals surface area contributed by atoms with E-state index in [1.165, 1.54) is 17.7 Å². The molecule has 1 fully saturated rings. The van der Waals surface area contributed by atoms with Crippen LogP contribution in [0.15, 0.2) is 12.1 Å². The van der Waals surface area contributed by atoms with E-state index in [0.717, 1.165) is 12.5 Å². The van der Waals surface area contributed by atoms with Gasteiger partial charge in [0.05, 0.1) is 0 Å². The molecule has 0 unspecified atom stereocenters. The molecule has 0 amide bonds. The van der Waals surface area contributed by atoms with Gasteiger partial charge >= 0.3 is 0 Å². The molecule has 1 aromatic heterocycles. The first-order valence-corrected chi connectivity index (χ1v) is 6.71. The van der Waals surface area contributed by atoms with E-state index in [0.29, 0.717) is 11.3 Å². The van der Waals surface area contributed by atoms with Crippen molar-refractivity contribution in [2.45, 2.75) is 39.5 Å². The summed E-state index contributed by atoms with van der Waals surface area (Å²) in [4.78, 5) is 3.09. The van der Waals surface area contributed by atoms with Crippen LogP contribution in [0.5, 0.6) is 0 Å². The molecule has 2 rings (SSSR count). The van der Waals surface area contributed by atoms with Gasteiger partial charge < -0.3 is 5.73 Å². The topological polar surface area (TPSA) is 26.0 Å². The van der Waals surface area contributed by atoms with Crippen molar-refractivity contribution in [3.63, 3.8) is 0 Å². The quantitative estimate of drug-likeness (QED) is 0.832. The summed E-state index contributed by atoms with van der Waals surface area (Å²) < 4.78 is 0. The molecule has 0 aromatic carbocycles. The molecule has 2 heteroatoms. The molecule has 0 saturated heterocycles. The lowest BCUT2D eigenvalue weighted by atomic mass is 10.1. The van der Waals surface area contributed by atoms with Crippen molar-refractivity contribution >= 4 is 11.3 Å². The highest BCUT2D eigenvalue weighted by molar-refractivity contribution is 7.12. The van der Waals surface area contributed by atoms with Gasteiger partial charge in [0.15, 0.2) is 0 Å². The fourth-order valence-electron chi connectivity index (χ4n) is 2.69. The van der Waals surface area contributed by atoms with Crippen LogP contribution in [0.4, 0.5) is 0 Å². The standard InChI is InChI=1S/C13H21NS/c1-4-5-9-6-7-11(15-9)12-10(8-14)13(12,2)3/h6-7,10,12H,4-5,8,14H2,1-3H3/t10-,12+/m0/s1. The van der Waals surface area contributed by atoms with Crippen molar-refractivity contribution in [2.75, 3.05) is 6.54 Å². The van der Waals surface area contributed by atoms with E-state index >= 15 is 0 Å². The molecule has 2 N–H and O–H groups in total. The Balaban J connectivity index is 2.11. The highest BCUT2D eigenvalue weighted by Crippen LogP contribution is 2.64. The number of nitrogens with two attached hydrogens (primary N) is 1. The molecule has 2 atom stereocenters. The Bertz CT molecular complexity index is 340. The van der Waals surface area contributed by atoms with E-state index in [1.807, 2.05) is 11.3 Å². The molecule has 1 aliphatic rings. The number of hydrogen-bond donors (Lipinski definition) is 1. The van der Waals surface area contributed by atoms with Gasteiger partial charge in [-0.3, -0.25) is 0 Å². The van der Waals surface area contributed by atoms with Crippen LogP contribution in [0.25, 0.3) is 0 Å². The summed E-state index contributed by atoms with van der Waals surface area (Å²) in [6.45, 7) is 7.75. The van der Waals surface area contributed by atoms with Crippen LogP contribution < -0.4 is 5.73 Å². The maximum absolute atomic E-state index is 5.81. The molecule has 1 nitrogen and oxygen atoms in total. The molecular weight excluding hydrogens is 202 g/mol. The maximum atomic E-state index is 5.81. The number of aryl methyl sites for hydroxylation is 1. The van der Waals surface area contributed by atoms with Crippen molar-refractivity contribution in [3.8, 4) is 0 Å². The zero-order valence-electron chi connectivity index (χ0n) is 9.92. The molecule has 1 aromatic rings. The third-order valence-corrected chi connectivity index (χ3v) is 5.02. The van der Waals surface area contributed by atoms with Crippen LogP contribution in [-0.4, -0.2) is 6.54 Å². The molecule has 0 radical (unpaired) electrons. The predicted molar refractivity (Wildman–Crippen MR) is 67.4 cm³/mol. The van der Waals surface area contributed by atoms with Gasteiger partial charge in [-0.25, -0.2) is 0 Å². The van der Waals surface area contributed by atoms with E-state index in [9.17, 15) is 0 Å². The molecular formula is C13H21NS. The minimum absolute atomic E-state index is 0.434. The van der Waals surface area contributed by atoms with E-state index < -0.39 is 0 Å². The molecule has 84 valence electrons. The Hall–Kier alpha value is -0.340. The summed E-state index contributed by atoms with van der Waals surface area (Å²) >= 11 is 1.99. The number of hydrogen-bond acceptors (Lipinski definition) is 2. The predicted octanol–water partition coefficient (Wildman–Crippen LogP) is 3.40. The highest BCUT2D eigenvalue weighted by Gasteiger charge is 2.57. The van der Waals surface area contributed by atoms with Crippen LogP contribution in [0.3, 0.4) is 0 Å². The van der Waals surface area contributed by atoms with E-state index in [4.69, 9.17) is 5.73 Å². The van der Waals surface area contributed by atoms with Crippen LogP contribution in [0.2, 0.25) is 0 Å². The van der Waals surface area contributed by atoms with E-state index in [2.05, 4.69) is 32.9 Å². The minimum Gasteiger partial charge on any atom is -0.330 e. The third kappa shape index (κ3) is 1.85. The minimum atomic E-state index is 0.434. The summed E-state index contributed by atoms with van der Waals surface area (Å²) in [5, 5.41) is 0. The van der Waals surface area contributed by atoms with Gasteiger partial charge in [0.1, 0.15) is 0 Å². The van der Waals surface area contributed by atoms with Crippen molar-refractivity contribution in [1.82, 2.24) is 0 Å². The van der Waals surface area contributed by atoms with Gasteiger partial charge in [0, 0.05) is 15.7 Å². The second-order valence-corrected chi connectivity index (χ2v) is 6.40. The molecule has 0 bridgehead atoms. The molecule has 1 heterocycles. The van der Waals surface area contributed by atoms with E-state index in [1.54, 1.807) is 4.88 Å². The lowest BCUT2D eigenvalue weighted by Gasteiger charge is -1.99. The first-order valence-electron chi connectivity index (χ1n) is 5.90. The first kappa shape index (κ1) is 11.2. The van der Waals surface area contributed by atoms with Crippen molar-refractivity contribution < 1.29 is 0 Å². The second kappa shape index (κ2) is 3.91. The average Bonchev–Trinajstić information content (AvgIpc) is 2.57. The number of rotatable bonds is 4. The lowest BCUT2D eigenvalue weighted by molar-refractivity contribution is 0.559. The molecule has 1 aliphatic carbocycles. The smallest absolute Gasteiger partial charge is 0.00880 e. The van der Waals surface area contributed by atoms with Gasteiger partial charge in [-0.2, -0.15) is 0 Å². The van der Waals surface area contributed by atoms with Gasteiger partial charge in [-0.05, 0) is 36.4 Å². The highest BCUT2D eigenvalue weighted by atomic mass is 32.1. The Labute approximate surface area is 96.7 Å². The third-order valence-electron chi connectivity index (χ3n) is 3.79. The summed E-state index contributed by atoms with van der Waals surface area (Å²) in [5.41, 5.74) is 6.24. The number of thiophene rings is 1. The van der Waals surface area contributed by atoms with Crippen LogP contribution in [0.1, 0.15) is 42.9 Å². The van der Waals surface area contributed by atoms with Gasteiger partial charge in [0.25, 0.3) is 0 Å². The van der Waals surface area contributed by atoms with E-state index in [-0.39, 0.29) is 0 Å². The molecule has 0 spiro atoms. The largest absolute Gasteiger partial charge is 0.330 e. The molecule has 15 heavy (non-hydrogen) atoms. The van der Waals surface area contributed by atoms with Crippen molar-refractivity contribution in [2.24, 2.45) is 17.1 Å². The van der Waals surface area contributed by atoms with Gasteiger partial charge in [0.2, 0.25) is 0 Å². The van der Waals surface area contributed by atoms with Crippen LogP contribution >= 0.6 is 11.3 Å². The second-order valence-electron chi connectivity index (χ2n) is 5.20. The fraction of sp³-hybridized carbons (Fsp3) is 0.692. The summed E-state index contributed by atoms with van der Waals surface area (Å²) in [7, 11) is 0. The molecule has 0 aliphatic heterocycles. The summed E-state index contributed by atoms with van der Waals surface area (Å²) in [5.74, 6) is 1.42. The first-order chi connectivity index (χ1) is 7.11. The Kier molecular flexibility index (Phi) is 2.91. The Morgan fingerprint density at radius 2 is 2.13 bits per heavy atom. The Morgan fingerprint density at radius 3 is 2.67 bits per heavy atom. The SMILES string of the molecule is CCCc1ccc([C@H]2[C@H](CN)C2(C)C)s1. The van der Waals surface area contributed by atoms with Crippen LogP contribution in [0, 0.1) is 11.3 Å². The summed E-state index contributed by atoms with van der Waals surface area (Å²) in [6.07, 6.45) is 2.47. The van der Waals surface area contributed by atoms with Crippen LogP contribution in [-0.2, 0) is 6.42 Å². The fourth-order valence-corrected chi connectivity index (χ4v) is 4.17. The normalized spacial score (nSPS) is 28.0.